The highest BCUT2D eigenvalue weighted by molar-refractivity contribution is 6.40. The van der Waals surface area contributed by atoms with Crippen molar-refractivity contribution in [2.75, 3.05) is 11.9 Å². The van der Waals surface area contributed by atoms with Crippen molar-refractivity contribution in [1.82, 2.24) is 10.7 Å². The number of hydrazone groups is 1. The molecule has 4 aromatic carbocycles. The molecule has 0 saturated heterocycles. The van der Waals surface area contributed by atoms with Gasteiger partial charge in [-0.2, -0.15) is 5.10 Å². The Morgan fingerprint density at radius 2 is 1.58 bits per heavy atom. The number of hydrogen-bond acceptors (Lipinski definition) is 7. The van der Waals surface area contributed by atoms with Gasteiger partial charge in [-0.05, 0) is 73.0 Å². The van der Waals surface area contributed by atoms with Gasteiger partial charge in [-0.15, -0.1) is 0 Å². The molecule has 0 aliphatic heterocycles. The van der Waals surface area contributed by atoms with Gasteiger partial charge >= 0.3 is 17.8 Å². The average Bonchev–Trinajstić information content (AvgIpc) is 3.06. The highest BCUT2D eigenvalue weighted by atomic mass is 16.5. The van der Waals surface area contributed by atoms with Gasteiger partial charge in [0.25, 0.3) is 5.91 Å². The summed E-state index contributed by atoms with van der Waals surface area (Å²) in [4.78, 5) is 51.3. The maximum Gasteiger partial charge on any atom is 0.343 e. The van der Waals surface area contributed by atoms with Crippen molar-refractivity contribution in [3.05, 3.63) is 102 Å². The molecule has 5 rings (SSSR count). The van der Waals surface area contributed by atoms with Crippen LogP contribution in [0.15, 0.2) is 90.0 Å². The number of hydrogen-bond donors (Lipinski definition) is 3. The van der Waals surface area contributed by atoms with E-state index in [4.69, 9.17) is 9.47 Å². The highest BCUT2D eigenvalue weighted by Gasteiger charge is 2.21. The molecular formula is C35H34N4O6. The number of nitrogens with one attached hydrogen (secondary N) is 3. The molecule has 230 valence electrons. The zero-order chi connectivity index (χ0) is 31.6. The third kappa shape index (κ3) is 7.91. The van der Waals surface area contributed by atoms with E-state index in [0.29, 0.717) is 23.5 Å². The molecule has 1 aliphatic rings. The number of para-hydroxylation sites is 1. The van der Waals surface area contributed by atoms with Crippen LogP contribution in [0, 0.1) is 0 Å². The van der Waals surface area contributed by atoms with Gasteiger partial charge in [-0.1, -0.05) is 61.7 Å². The summed E-state index contributed by atoms with van der Waals surface area (Å²) < 4.78 is 11.1. The summed E-state index contributed by atoms with van der Waals surface area (Å²) in [6, 6.07) is 24.1. The van der Waals surface area contributed by atoms with Crippen LogP contribution in [0.1, 0.15) is 65.3 Å². The van der Waals surface area contributed by atoms with E-state index in [1.54, 1.807) is 60.7 Å². The number of rotatable bonds is 9. The lowest BCUT2D eigenvalue weighted by Gasteiger charge is -2.23. The fraction of sp³-hybridized carbons (Fsp3) is 0.229. The molecule has 3 amide bonds. The molecule has 0 unspecified atom stereocenters. The van der Waals surface area contributed by atoms with Gasteiger partial charge in [-0.25, -0.2) is 10.2 Å². The van der Waals surface area contributed by atoms with E-state index < -0.39 is 17.8 Å². The molecule has 0 bridgehead atoms. The maximum absolute atomic E-state index is 12.9. The maximum atomic E-state index is 12.9. The number of nitrogens with zero attached hydrogens (tertiary/aromatic N) is 1. The van der Waals surface area contributed by atoms with Crippen LogP contribution in [0.3, 0.4) is 0 Å². The summed E-state index contributed by atoms with van der Waals surface area (Å²) in [7, 11) is 0. The van der Waals surface area contributed by atoms with Crippen molar-refractivity contribution in [2.45, 2.75) is 45.1 Å². The van der Waals surface area contributed by atoms with Crippen LogP contribution in [0.25, 0.3) is 10.8 Å². The van der Waals surface area contributed by atoms with Gasteiger partial charge in [0.15, 0.2) is 0 Å². The fourth-order valence-electron chi connectivity index (χ4n) is 5.20. The smallest absolute Gasteiger partial charge is 0.343 e. The van der Waals surface area contributed by atoms with Crippen LogP contribution < -0.4 is 25.5 Å². The van der Waals surface area contributed by atoms with Gasteiger partial charge in [0.05, 0.1) is 29.6 Å². The Balaban J connectivity index is 1.28. The summed E-state index contributed by atoms with van der Waals surface area (Å²) in [6.07, 6.45) is 6.44. The molecule has 4 aromatic rings. The Morgan fingerprint density at radius 1 is 0.844 bits per heavy atom. The standard InChI is InChI=1S/C35H34N4O6/c1-2-44-26-19-16-24(17-20-26)35(43)45-31-21-18-23-10-6-7-13-27(23)29(31)22-36-39-34(42)33(41)38-30-15-9-8-14-28(30)32(40)37-25-11-4-3-5-12-25/h6-10,13-22,25H,2-5,11-12H2,1H3,(H,37,40)(H,38,41)(H,39,42). The van der Waals surface area contributed by atoms with E-state index >= 15 is 0 Å². The third-order valence-electron chi connectivity index (χ3n) is 7.46. The summed E-state index contributed by atoms with van der Waals surface area (Å²) in [5, 5.41) is 11.1. The molecule has 0 atom stereocenters. The summed E-state index contributed by atoms with van der Waals surface area (Å²) in [6.45, 7) is 2.38. The number of esters is 1. The SMILES string of the molecule is CCOc1ccc(C(=O)Oc2ccc3ccccc3c2C=NNC(=O)C(=O)Nc2ccccc2C(=O)NC2CCCCC2)cc1. The van der Waals surface area contributed by atoms with Crippen molar-refractivity contribution in [1.29, 1.82) is 0 Å². The second kappa shape index (κ2) is 14.8. The minimum Gasteiger partial charge on any atom is -0.494 e. The highest BCUT2D eigenvalue weighted by Crippen LogP contribution is 2.28. The number of ether oxygens (including phenoxy) is 2. The van der Waals surface area contributed by atoms with Crippen molar-refractivity contribution in [3.63, 3.8) is 0 Å². The first-order valence-electron chi connectivity index (χ1n) is 14.9. The first-order chi connectivity index (χ1) is 21.9. The number of carbonyl (C=O) groups excluding carboxylic acids is 4. The van der Waals surface area contributed by atoms with Crippen LogP contribution in [0.2, 0.25) is 0 Å². The number of amides is 3. The van der Waals surface area contributed by atoms with Gasteiger partial charge in [0.2, 0.25) is 0 Å². The topological polar surface area (TPSA) is 135 Å². The van der Waals surface area contributed by atoms with Crippen LogP contribution in [0.5, 0.6) is 11.5 Å². The van der Waals surface area contributed by atoms with Gasteiger partial charge in [-0.3, -0.25) is 14.4 Å². The fourth-order valence-corrected chi connectivity index (χ4v) is 5.20. The Morgan fingerprint density at radius 3 is 2.36 bits per heavy atom. The average molecular weight is 607 g/mol. The zero-order valence-corrected chi connectivity index (χ0v) is 24.9. The molecule has 3 N–H and O–H groups in total. The molecule has 10 nitrogen and oxygen atoms in total. The molecule has 10 heteroatoms. The first kappa shape index (κ1) is 30.9. The Hall–Kier alpha value is -5.51. The quantitative estimate of drug-likeness (QED) is 0.0746. The lowest BCUT2D eigenvalue weighted by atomic mass is 9.95. The third-order valence-corrected chi connectivity index (χ3v) is 7.46. The van der Waals surface area contributed by atoms with Crippen LogP contribution in [0.4, 0.5) is 5.69 Å². The van der Waals surface area contributed by atoms with Crippen LogP contribution in [-0.4, -0.2) is 42.6 Å². The Kier molecular flexibility index (Phi) is 10.2. The summed E-state index contributed by atoms with van der Waals surface area (Å²) >= 11 is 0. The molecule has 0 spiro atoms. The largest absolute Gasteiger partial charge is 0.494 e. The van der Waals surface area contributed by atoms with Gasteiger partial charge in [0, 0.05) is 11.6 Å². The second-order valence-corrected chi connectivity index (χ2v) is 10.6. The monoisotopic (exact) mass is 606 g/mol. The molecule has 45 heavy (non-hydrogen) atoms. The molecule has 1 aliphatic carbocycles. The Bertz CT molecular complexity index is 1730. The van der Waals surface area contributed by atoms with E-state index in [1.165, 1.54) is 6.21 Å². The van der Waals surface area contributed by atoms with Crippen LogP contribution >= 0.6 is 0 Å². The van der Waals surface area contributed by atoms with Gasteiger partial charge in [0.1, 0.15) is 11.5 Å². The minimum absolute atomic E-state index is 0.0896. The second-order valence-electron chi connectivity index (χ2n) is 10.6. The summed E-state index contributed by atoms with van der Waals surface area (Å²) in [5.41, 5.74) is 3.46. The zero-order valence-electron chi connectivity index (χ0n) is 24.9. The first-order valence-corrected chi connectivity index (χ1v) is 14.9. The number of carbonyl (C=O) groups is 4. The van der Waals surface area contributed by atoms with E-state index in [1.807, 2.05) is 31.2 Å². The molecule has 0 aromatic heterocycles. The van der Waals surface area contributed by atoms with Crippen molar-refractivity contribution in [2.24, 2.45) is 5.10 Å². The normalized spacial score (nSPS) is 13.3. The van der Waals surface area contributed by atoms with Crippen molar-refractivity contribution < 1.29 is 28.7 Å². The van der Waals surface area contributed by atoms with Crippen molar-refractivity contribution in [3.8, 4) is 11.5 Å². The van der Waals surface area contributed by atoms with E-state index in [0.717, 1.165) is 42.9 Å². The Labute approximate surface area is 260 Å². The van der Waals surface area contributed by atoms with Crippen LogP contribution in [-0.2, 0) is 9.59 Å². The van der Waals surface area contributed by atoms with E-state index in [9.17, 15) is 19.2 Å². The summed E-state index contributed by atoms with van der Waals surface area (Å²) in [5.74, 6) is -2.07. The van der Waals surface area contributed by atoms with Gasteiger partial charge < -0.3 is 20.1 Å². The number of anilines is 1. The number of benzene rings is 4. The lowest BCUT2D eigenvalue weighted by Crippen LogP contribution is -2.37. The number of fused-ring (bicyclic) bond motifs is 1. The van der Waals surface area contributed by atoms with E-state index in [-0.39, 0.29) is 28.9 Å². The predicted octanol–water partition coefficient (Wildman–Crippen LogP) is 5.61. The predicted molar refractivity (Wildman–Crippen MR) is 172 cm³/mol. The minimum atomic E-state index is -1.04. The molecular weight excluding hydrogens is 572 g/mol. The van der Waals surface area contributed by atoms with Crippen molar-refractivity contribution >= 4 is 46.4 Å². The molecule has 0 radical (unpaired) electrons. The molecule has 1 fully saturated rings. The molecule has 1 saturated carbocycles. The molecule has 0 heterocycles. The lowest BCUT2D eigenvalue weighted by molar-refractivity contribution is -0.136. The van der Waals surface area contributed by atoms with E-state index in [2.05, 4.69) is 21.2 Å².